The van der Waals surface area contributed by atoms with Gasteiger partial charge in [0.15, 0.2) is 12.1 Å². The molecule has 0 spiro atoms. The highest BCUT2D eigenvalue weighted by Crippen LogP contribution is 2.23. The monoisotopic (exact) mass is 538 g/mol. The number of oxazole rings is 1. The molecule has 0 radical (unpaired) electrons. The summed E-state index contributed by atoms with van der Waals surface area (Å²) in [6, 6.07) is 7.41. The van der Waals surface area contributed by atoms with Crippen LogP contribution in [0.3, 0.4) is 0 Å². The van der Waals surface area contributed by atoms with Crippen LogP contribution in [0, 0.1) is 0 Å². The van der Waals surface area contributed by atoms with Crippen LogP contribution < -0.4 is 21.3 Å². The van der Waals surface area contributed by atoms with Crippen LogP contribution in [0.4, 0.5) is 0 Å². The van der Waals surface area contributed by atoms with Gasteiger partial charge in [-0.2, -0.15) is 0 Å². The van der Waals surface area contributed by atoms with Gasteiger partial charge in [0, 0.05) is 11.9 Å². The zero-order chi connectivity index (χ0) is 26.9. The lowest BCUT2D eigenvalue weighted by Gasteiger charge is -2.24. The molecule has 4 rings (SSSR count). The number of rotatable bonds is 5. The second-order valence-corrected chi connectivity index (χ2v) is 9.83. The Hall–Kier alpha value is -4.06. The first-order valence-electron chi connectivity index (χ1n) is 12.5. The van der Waals surface area contributed by atoms with Crippen molar-refractivity contribution in [3.05, 3.63) is 70.3 Å². The van der Waals surface area contributed by atoms with E-state index in [9.17, 15) is 19.2 Å². The molecule has 11 nitrogen and oxygen atoms in total. The van der Waals surface area contributed by atoms with Gasteiger partial charge >= 0.3 is 0 Å². The van der Waals surface area contributed by atoms with E-state index in [0.29, 0.717) is 49.4 Å². The fourth-order valence-corrected chi connectivity index (χ4v) is 4.94. The van der Waals surface area contributed by atoms with Crippen LogP contribution in [-0.4, -0.2) is 52.2 Å². The van der Waals surface area contributed by atoms with E-state index >= 15 is 0 Å². The molecule has 1 aliphatic rings. The van der Waals surface area contributed by atoms with Crippen LogP contribution in [0.15, 0.2) is 52.8 Å². The predicted molar refractivity (Wildman–Crippen MR) is 139 cm³/mol. The summed E-state index contributed by atoms with van der Waals surface area (Å²) < 4.78 is 4.86. The van der Waals surface area contributed by atoms with Gasteiger partial charge < -0.3 is 25.7 Å². The van der Waals surface area contributed by atoms with Crippen LogP contribution in [0.5, 0.6) is 0 Å². The van der Waals surface area contributed by atoms with Crippen LogP contribution in [0.1, 0.15) is 70.2 Å². The number of amides is 4. The summed E-state index contributed by atoms with van der Waals surface area (Å²) in [5, 5.41) is 13.6. The van der Waals surface area contributed by atoms with E-state index in [2.05, 4.69) is 31.2 Å². The number of aromatic nitrogens is 2. The molecule has 200 valence electrons. The van der Waals surface area contributed by atoms with Gasteiger partial charge in [0.1, 0.15) is 29.0 Å². The molecule has 1 aliphatic heterocycles. The summed E-state index contributed by atoms with van der Waals surface area (Å²) in [5.41, 5.74) is 1.33. The van der Waals surface area contributed by atoms with Crippen molar-refractivity contribution in [2.75, 3.05) is 6.54 Å². The minimum Gasteiger partial charge on any atom is -0.451 e. The highest BCUT2D eigenvalue weighted by Gasteiger charge is 2.29. The fourth-order valence-electron chi connectivity index (χ4n) is 4.09. The number of nitrogens with one attached hydrogen (secondary N) is 4. The molecule has 4 amide bonds. The summed E-state index contributed by atoms with van der Waals surface area (Å²) in [5.74, 6) is -1.71. The Morgan fingerprint density at radius 3 is 2.63 bits per heavy atom. The summed E-state index contributed by atoms with van der Waals surface area (Å²) in [6.07, 6.45) is 4.55. The van der Waals surface area contributed by atoms with Crippen LogP contribution >= 0.6 is 11.3 Å². The lowest BCUT2D eigenvalue weighted by atomic mass is 10.0. The van der Waals surface area contributed by atoms with Gasteiger partial charge in [-0.05, 0) is 37.7 Å². The largest absolute Gasteiger partial charge is 0.451 e. The van der Waals surface area contributed by atoms with E-state index in [1.807, 2.05) is 30.3 Å². The van der Waals surface area contributed by atoms with Crippen molar-refractivity contribution in [1.29, 1.82) is 0 Å². The number of fused-ring (bicyclic) bond motifs is 2. The van der Waals surface area contributed by atoms with Crippen molar-refractivity contribution in [2.45, 2.75) is 57.2 Å². The third kappa shape index (κ3) is 7.03. The molecule has 0 saturated heterocycles. The quantitative estimate of drug-likeness (QED) is 0.388. The van der Waals surface area contributed by atoms with Crippen molar-refractivity contribution in [3.8, 4) is 0 Å². The molecule has 4 N–H and O–H groups in total. The molecule has 3 heterocycles. The molecule has 3 aromatic rings. The number of hydrogen-bond donors (Lipinski definition) is 4. The number of carbonyl (C=O) groups excluding carboxylic acids is 4. The Morgan fingerprint density at radius 1 is 1.11 bits per heavy atom. The zero-order valence-corrected chi connectivity index (χ0v) is 21.8. The van der Waals surface area contributed by atoms with Gasteiger partial charge in [0.2, 0.25) is 11.8 Å². The van der Waals surface area contributed by atoms with Gasteiger partial charge in [-0.15, -0.1) is 11.3 Å². The first kappa shape index (κ1) is 27.0. The summed E-state index contributed by atoms with van der Waals surface area (Å²) in [6.45, 7) is 2.18. The number of benzene rings is 1. The first-order chi connectivity index (χ1) is 18.4. The molecule has 12 heteroatoms. The fraction of sp³-hybridized carbons (Fsp3) is 0.385. The van der Waals surface area contributed by atoms with Crippen LogP contribution in [0.2, 0.25) is 0 Å². The van der Waals surface area contributed by atoms with Crippen molar-refractivity contribution in [1.82, 2.24) is 31.2 Å². The van der Waals surface area contributed by atoms with Crippen LogP contribution in [0.25, 0.3) is 0 Å². The number of carbonyl (C=O) groups is 4. The SMILES string of the molecule is CC[C@H]1NC(=O)[C@@H](NC(=O)c2cocn2)CCCCNC(=O)c2csc(n2)[C@H](Cc2ccccc2)NC1=O. The lowest BCUT2D eigenvalue weighted by molar-refractivity contribution is -0.130. The Bertz CT molecular complexity index is 1250. The highest BCUT2D eigenvalue weighted by molar-refractivity contribution is 7.09. The van der Waals surface area contributed by atoms with Crippen LogP contribution in [-0.2, 0) is 16.0 Å². The molecule has 0 saturated carbocycles. The topological polar surface area (TPSA) is 155 Å². The van der Waals surface area contributed by atoms with E-state index in [1.165, 1.54) is 17.6 Å². The molecule has 2 bridgehead atoms. The second kappa shape index (κ2) is 13.0. The molecular weight excluding hydrogens is 508 g/mol. The average molecular weight is 539 g/mol. The maximum atomic E-state index is 13.3. The number of thiazole rings is 1. The minimum absolute atomic E-state index is 0.0489. The zero-order valence-electron chi connectivity index (χ0n) is 20.9. The summed E-state index contributed by atoms with van der Waals surface area (Å²) in [7, 11) is 0. The van der Waals surface area contributed by atoms with E-state index in [4.69, 9.17) is 4.42 Å². The van der Waals surface area contributed by atoms with Crippen molar-refractivity contribution >= 4 is 35.0 Å². The second-order valence-electron chi connectivity index (χ2n) is 8.94. The van der Waals surface area contributed by atoms with Crippen molar-refractivity contribution in [2.24, 2.45) is 0 Å². The van der Waals surface area contributed by atoms with Crippen molar-refractivity contribution < 1.29 is 23.6 Å². The van der Waals surface area contributed by atoms with Gasteiger partial charge in [0.25, 0.3) is 11.8 Å². The molecule has 0 aliphatic carbocycles. The molecule has 0 unspecified atom stereocenters. The van der Waals surface area contributed by atoms with E-state index in [0.717, 1.165) is 12.0 Å². The predicted octanol–water partition coefficient (Wildman–Crippen LogP) is 2.14. The number of nitrogens with zero attached hydrogens (tertiary/aromatic N) is 2. The minimum atomic E-state index is -0.899. The maximum Gasteiger partial charge on any atom is 0.273 e. The first-order valence-corrected chi connectivity index (χ1v) is 13.4. The molecule has 0 fully saturated rings. The molecule has 38 heavy (non-hydrogen) atoms. The normalized spacial score (nSPS) is 21.2. The van der Waals surface area contributed by atoms with Gasteiger partial charge in [0.05, 0.1) is 6.04 Å². The number of hydrogen-bond acceptors (Lipinski definition) is 8. The van der Waals surface area contributed by atoms with Gasteiger partial charge in [-0.3, -0.25) is 19.2 Å². The highest BCUT2D eigenvalue weighted by atomic mass is 32.1. The third-order valence-electron chi connectivity index (χ3n) is 6.18. The molecule has 1 aromatic carbocycles. The summed E-state index contributed by atoms with van der Waals surface area (Å²) in [4.78, 5) is 60.1. The maximum absolute atomic E-state index is 13.3. The Balaban J connectivity index is 1.57. The standard InChI is InChI=1S/C26H30N6O5S/c1-2-17-23(34)31-19(12-16-8-4-3-5-9-16)26-32-21(14-38-26)22(33)27-11-7-6-10-18(24(35)29-17)30-25(36)20-13-37-15-28-20/h3-5,8-9,13-15,17-19H,2,6-7,10-12H2,1H3,(H,27,33)(H,29,35)(H,30,36)(H,31,34)/t17-,18+,19+/m1/s1. The Kier molecular flexibility index (Phi) is 9.20. The lowest BCUT2D eigenvalue weighted by Crippen LogP contribution is -2.54. The Labute approximate surface area is 223 Å². The average Bonchev–Trinajstić information content (AvgIpc) is 3.63. The summed E-state index contributed by atoms with van der Waals surface area (Å²) >= 11 is 1.30. The van der Waals surface area contributed by atoms with E-state index in [-0.39, 0.29) is 17.5 Å². The third-order valence-corrected chi connectivity index (χ3v) is 7.14. The molecule has 2 aromatic heterocycles. The molecular formula is C26H30N6O5S. The van der Waals surface area contributed by atoms with E-state index in [1.54, 1.807) is 12.3 Å². The van der Waals surface area contributed by atoms with Gasteiger partial charge in [-0.25, -0.2) is 9.97 Å². The van der Waals surface area contributed by atoms with Gasteiger partial charge in [-0.1, -0.05) is 37.3 Å². The Morgan fingerprint density at radius 2 is 1.89 bits per heavy atom. The molecule has 3 atom stereocenters. The van der Waals surface area contributed by atoms with E-state index < -0.39 is 29.9 Å². The smallest absolute Gasteiger partial charge is 0.273 e. The van der Waals surface area contributed by atoms with Crippen molar-refractivity contribution in [3.63, 3.8) is 0 Å².